The smallest absolute Gasteiger partial charge is 0.410 e. The number of nitrogens with one attached hydrogen (secondary N) is 1. The molecule has 14 heteroatoms. The van der Waals surface area contributed by atoms with E-state index in [-0.39, 0.29) is 13.0 Å². The predicted molar refractivity (Wildman–Crippen MR) is 105 cm³/mol. The summed E-state index contributed by atoms with van der Waals surface area (Å²) in [5.74, 6) is -2.30. The minimum atomic E-state index is -4.28. The molecule has 2 atom stereocenters. The molecule has 0 bridgehead atoms. The van der Waals surface area contributed by atoms with Crippen LogP contribution in [0.25, 0.3) is 0 Å². The molecule has 0 saturated heterocycles. The lowest BCUT2D eigenvalue weighted by Gasteiger charge is -2.30. The highest BCUT2D eigenvalue weighted by molar-refractivity contribution is 7.87. The molecule has 0 saturated carbocycles. The summed E-state index contributed by atoms with van der Waals surface area (Å²) in [4.78, 5) is 23.1. The van der Waals surface area contributed by atoms with E-state index in [9.17, 15) is 31.5 Å². The van der Waals surface area contributed by atoms with Crippen LogP contribution in [-0.2, 0) is 38.7 Å². The number of esters is 1. The summed E-state index contributed by atoms with van der Waals surface area (Å²) in [7, 11) is -8.36. The molecule has 0 radical (unpaired) electrons. The van der Waals surface area contributed by atoms with Crippen LogP contribution < -0.4 is 5.32 Å². The Kier molecular flexibility index (Phi) is 11.2. The summed E-state index contributed by atoms with van der Waals surface area (Å²) >= 11 is 0. The molecule has 178 valence electrons. The van der Waals surface area contributed by atoms with Gasteiger partial charge in [-0.25, -0.2) is 4.79 Å². The summed E-state index contributed by atoms with van der Waals surface area (Å²) in [5, 5.41) is 12.5. The van der Waals surface area contributed by atoms with Crippen molar-refractivity contribution in [3.63, 3.8) is 0 Å². The number of carbonyl (C=O) groups excluding carboxylic acids is 2. The zero-order chi connectivity index (χ0) is 23.8. The van der Waals surface area contributed by atoms with Gasteiger partial charge in [-0.2, -0.15) is 16.8 Å². The van der Waals surface area contributed by atoms with Crippen molar-refractivity contribution >= 4 is 32.3 Å². The quantitative estimate of drug-likeness (QED) is 0.143. The fourth-order valence-electron chi connectivity index (χ4n) is 1.79. The summed E-state index contributed by atoms with van der Waals surface area (Å²) in [6, 6.07) is 0. The standard InChI is InChI=1S/C16H31NO11S2/c1-11(2)14(19)27-12(3)28-15(20)17-9-13(18)16(4,5)10-26-30(24,25)8-6-7-29(21,22)23/h11-13,18H,6-10H2,1-5H3,(H,17,20)(H,21,22,23)/t12?,13-/m1/s1. The van der Waals surface area contributed by atoms with E-state index in [0.29, 0.717) is 0 Å². The highest BCUT2D eigenvalue weighted by atomic mass is 32.2. The van der Waals surface area contributed by atoms with Crippen LogP contribution in [0.4, 0.5) is 4.79 Å². The van der Waals surface area contributed by atoms with Crippen molar-refractivity contribution in [1.29, 1.82) is 0 Å². The molecule has 1 amide bonds. The maximum absolute atomic E-state index is 11.8. The minimum Gasteiger partial charge on any atom is -0.425 e. The van der Waals surface area contributed by atoms with Crippen molar-refractivity contribution in [1.82, 2.24) is 5.32 Å². The molecule has 0 aliphatic heterocycles. The molecule has 0 spiro atoms. The van der Waals surface area contributed by atoms with Gasteiger partial charge in [0.25, 0.3) is 20.2 Å². The molecule has 0 fully saturated rings. The average Bonchev–Trinajstić information content (AvgIpc) is 2.56. The van der Waals surface area contributed by atoms with Crippen molar-refractivity contribution in [2.75, 3.05) is 24.7 Å². The number of rotatable bonds is 13. The number of amides is 1. The number of hydrogen-bond donors (Lipinski definition) is 3. The summed E-state index contributed by atoms with van der Waals surface area (Å²) in [6.45, 7) is 6.82. The molecular weight excluding hydrogens is 446 g/mol. The summed E-state index contributed by atoms with van der Waals surface area (Å²) in [5.41, 5.74) is -1.11. The number of aliphatic hydroxyl groups is 1. The number of hydrogen-bond acceptors (Lipinski definition) is 10. The first-order chi connectivity index (χ1) is 13.4. The average molecular weight is 478 g/mol. The lowest BCUT2D eigenvalue weighted by atomic mass is 9.87. The highest BCUT2D eigenvalue weighted by Gasteiger charge is 2.31. The van der Waals surface area contributed by atoms with Crippen molar-refractivity contribution in [2.24, 2.45) is 11.3 Å². The molecule has 0 aliphatic carbocycles. The fourth-order valence-corrected chi connectivity index (χ4v) is 3.58. The van der Waals surface area contributed by atoms with Gasteiger partial charge in [-0.05, 0) is 6.42 Å². The monoisotopic (exact) mass is 477 g/mol. The van der Waals surface area contributed by atoms with Gasteiger partial charge in [0.05, 0.1) is 30.1 Å². The highest BCUT2D eigenvalue weighted by Crippen LogP contribution is 2.22. The Bertz CT molecular complexity index is 775. The van der Waals surface area contributed by atoms with Crippen molar-refractivity contribution in [3.05, 3.63) is 0 Å². The van der Waals surface area contributed by atoms with Gasteiger partial charge < -0.3 is 19.9 Å². The minimum absolute atomic E-state index is 0.303. The third kappa shape index (κ3) is 13.0. The van der Waals surface area contributed by atoms with Crippen molar-refractivity contribution in [3.8, 4) is 0 Å². The molecule has 30 heavy (non-hydrogen) atoms. The van der Waals surface area contributed by atoms with Crippen LogP contribution in [0.3, 0.4) is 0 Å². The molecule has 0 aromatic carbocycles. The van der Waals surface area contributed by atoms with Gasteiger partial charge in [0.15, 0.2) is 0 Å². The molecule has 0 aromatic heterocycles. The molecule has 0 aliphatic rings. The molecular formula is C16H31NO11S2. The lowest BCUT2D eigenvalue weighted by Crippen LogP contribution is -2.44. The Hall–Kier alpha value is -1.48. The Morgan fingerprint density at radius 1 is 1.03 bits per heavy atom. The second-order valence-electron chi connectivity index (χ2n) is 7.61. The zero-order valence-electron chi connectivity index (χ0n) is 17.7. The second-order valence-corrected chi connectivity index (χ2v) is 10.9. The molecule has 12 nitrogen and oxygen atoms in total. The van der Waals surface area contributed by atoms with Gasteiger partial charge in [0.2, 0.25) is 6.29 Å². The van der Waals surface area contributed by atoms with Crippen LogP contribution in [0.15, 0.2) is 0 Å². The van der Waals surface area contributed by atoms with Crippen LogP contribution in [0.1, 0.15) is 41.0 Å². The van der Waals surface area contributed by atoms with E-state index in [4.69, 9.17) is 18.2 Å². The first-order valence-electron chi connectivity index (χ1n) is 9.10. The molecule has 0 rings (SSSR count). The third-order valence-electron chi connectivity index (χ3n) is 3.78. The van der Waals surface area contributed by atoms with E-state index in [1.165, 1.54) is 20.8 Å². The van der Waals surface area contributed by atoms with Crippen molar-refractivity contribution in [2.45, 2.75) is 53.4 Å². The van der Waals surface area contributed by atoms with Gasteiger partial charge in [0.1, 0.15) is 0 Å². The summed E-state index contributed by atoms with van der Waals surface area (Å²) < 4.78 is 67.9. The van der Waals surface area contributed by atoms with Gasteiger partial charge in [-0.1, -0.05) is 27.7 Å². The Morgan fingerprint density at radius 3 is 2.10 bits per heavy atom. The zero-order valence-corrected chi connectivity index (χ0v) is 19.3. The molecule has 0 heterocycles. The Balaban J connectivity index is 4.47. The van der Waals surface area contributed by atoms with Crippen LogP contribution in [0.2, 0.25) is 0 Å². The van der Waals surface area contributed by atoms with Crippen molar-refractivity contribution < 1.29 is 49.7 Å². The Labute approximate surface area is 177 Å². The van der Waals surface area contributed by atoms with E-state index in [0.717, 1.165) is 0 Å². The summed E-state index contributed by atoms with van der Waals surface area (Å²) in [6.07, 6.45) is -3.67. The number of carbonyl (C=O) groups is 2. The van der Waals surface area contributed by atoms with Crippen LogP contribution >= 0.6 is 0 Å². The fraction of sp³-hybridized carbons (Fsp3) is 0.875. The second kappa shape index (κ2) is 11.8. The molecule has 1 unspecified atom stereocenters. The van der Waals surface area contributed by atoms with Crippen LogP contribution in [-0.4, -0.2) is 75.6 Å². The normalized spacial score (nSPS) is 14.8. The maximum atomic E-state index is 11.8. The maximum Gasteiger partial charge on any atom is 0.410 e. The topological polar surface area (TPSA) is 183 Å². The van der Waals surface area contributed by atoms with E-state index < -0.39 is 74.1 Å². The van der Waals surface area contributed by atoms with Crippen LogP contribution in [0, 0.1) is 11.3 Å². The largest absolute Gasteiger partial charge is 0.425 e. The predicted octanol–water partition coefficient (Wildman–Crippen LogP) is 0.269. The van der Waals surface area contributed by atoms with Crippen LogP contribution in [0.5, 0.6) is 0 Å². The van der Waals surface area contributed by atoms with E-state index in [1.807, 2.05) is 0 Å². The molecule has 3 N–H and O–H groups in total. The molecule has 0 aromatic rings. The van der Waals surface area contributed by atoms with Gasteiger partial charge in [0, 0.05) is 18.9 Å². The third-order valence-corrected chi connectivity index (χ3v) is 5.85. The first-order valence-corrected chi connectivity index (χ1v) is 12.3. The number of alkyl carbamates (subject to hydrolysis) is 1. The van der Waals surface area contributed by atoms with Gasteiger partial charge in [-0.3, -0.25) is 13.5 Å². The van der Waals surface area contributed by atoms with E-state index in [2.05, 4.69) is 5.32 Å². The lowest BCUT2D eigenvalue weighted by molar-refractivity contribution is -0.168. The van der Waals surface area contributed by atoms with E-state index in [1.54, 1.807) is 13.8 Å². The number of aliphatic hydroxyl groups excluding tert-OH is 1. The Morgan fingerprint density at radius 2 is 1.60 bits per heavy atom. The van der Waals surface area contributed by atoms with Gasteiger partial charge in [-0.15, -0.1) is 0 Å². The van der Waals surface area contributed by atoms with E-state index >= 15 is 0 Å². The SMILES string of the molecule is CC(OC(=O)NC[C@@H](O)C(C)(C)COS(=O)(=O)CCCS(=O)(=O)O)OC(=O)C(C)C. The first kappa shape index (κ1) is 28.5. The number of ether oxygens (including phenoxy) is 2. The van der Waals surface area contributed by atoms with Gasteiger partial charge >= 0.3 is 12.1 Å².